The highest BCUT2D eigenvalue weighted by atomic mass is 79.9. The minimum absolute atomic E-state index is 0.0245. The molecule has 1 aliphatic rings. The van der Waals surface area contributed by atoms with Crippen molar-refractivity contribution in [3.05, 3.63) is 0 Å². The summed E-state index contributed by atoms with van der Waals surface area (Å²) in [5.41, 5.74) is 0. The first-order valence-electron chi connectivity index (χ1n) is 5.65. The number of rotatable bonds is 4. The molecule has 0 saturated heterocycles. The zero-order valence-electron chi connectivity index (χ0n) is 9.52. The fraction of sp³-hybridized carbons (Fsp3) is 0.909. The van der Waals surface area contributed by atoms with E-state index in [1.807, 2.05) is 0 Å². The van der Waals surface area contributed by atoms with Crippen LogP contribution in [0.5, 0.6) is 0 Å². The molecule has 2 nitrogen and oxygen atoms in total. The van der Waals surface area contributed by atoms with E-state index in [2.05, 4.69) is 15.9 Å². The van der Waals surface area contributed by atoms with Crippen LogP contribution in [0.15, 0.2) is 0 Å². The second kappa shape index (κ2) is 5.94. The third-order valence-electron chi connectivity index (χ3n) is 3.07. The van der Waals surface area contributed by atoms with Gasteiger partial charge in [-0.3, -0.25) is 4.79 Å². The van der Waals surface area contributed by atoms with E-state index in [4.69, 9.17) is 0 Å². The molecule has 0 aromatic rings. The van der Waals surface area contributed by atoms with Crippen LogP contribution in [0, 0.1) is 5.92 Å². The van der Waals surface area contributed by atoms with Crippen LogP contribution in [0.3, 0.4) is 0 Å². The highest BCUT2D eigenvalue weighted by molar-refractivity contribution is 9.09. The Morgan fingerprint density at radius 2 is 2.00 bits per heavy atom. The lowest BCUT2D eigenvalue weighted by Crippen LogP contribution is -2.37. The zero-order valence-corrected chi connectivity index (χ0v) is 11.1. The lowest BCUT2D eigenvalue weighted by molar-refractivity contribution is -0.138. The molecule has 0 spiro atoms. The molecule has 94 valence electrons. The van der Waals surface area contributed by atoms with Crippen molar-refractivity contribution >= 4 is 21.8 Å². The lowest BCUT2D eigenvalue weighted by atomic mass is 9.86. The highest BCUT2D eigenvalue weighted by Gasteiger charge is 2.37. The second-order valence-corrected chi connectivity index (χ2v) is 5.23. The van der Waals surface area contributed by atoms with Gasteiger partial charge in [0.05, 0.1) is 0 Å². The van der Waals surface area contributed by atoms with Crippen LogP contribution >= 0.6 is 15.9 Å². The summed E-state index contributed by atoms with van der Waals surface area (Å²) in [5, 5.41) is 0.855. The summed E-state index contributed by atoms with van der Waals surface area (Å²) < 4.78 is 25.8. The minimum Gasteiger partial charge on any atom is -0.345 e. The van der Waals surface area contributed by atoms with E-state index in [1.165, 1.54) is 0 Å². The highest BCUT2D eigenvalue weighted by Crippen LogP contribution is 2.36. The van der Waals surface area contributed by atoms with E-state index in [0.717, 1.165) is 11.8 Å². The SMILES string of the molecule is CN(CCCBr)C(=O)C1CCC(F)(F)CC1. The summed E-state index contributed by atoms with van der Waals surface area (Å²) in [4.78, 5) is 13.5. The third kappa shape index (κ3) is 4.00. The molecule has 1 aliphatic carbocycles. The molecular weight excluding hydrogens is 280 g/mol. The Morgan fingerprint density at radius 1 is 1.44 bits per heavy atom. The molecule has 5 heteroatoms. The van der Waals surface area contributed by atoms with Crippen LogP contribution < -0.4 is 0 Å². The smallest absolute Gasteiger partial charge is 0.248 e. The summed E-state index contributed by atoms with van der Waals surface area (Å²) in [6.45, 7) is 0.691. The molecule has 0 N–H and O–H groups in total. The van der Waals surface area contributed by atoms with Gasteiger partial charge in [0, 0.05) is 37.7 Å². The van der Waals surface area contributed by atoms with Crippen molar-refractivity contribution in [1.82, 2.24) is 4.90 Å². The Morgan fingerprint density at radius 3 is 2.50 bits per heavy atom. The molecule has 0 unspecified atom stereocenters. The van der Waals surface area contributed by atoms with Gasteiger partial charge in [-0.15, -0.1) is 0 Å². The molecule has 0 heterocycles. The largest absolute Gasteiger partial charge is 0.345 e. The Balaban J connectivity index is 2.38. The molecule has 1 saturated carbocycles. The fourth-order valence-corrected chi connectivity index (χ4v) is 2.26. The maximum Gasteiger partial charge on any atom is 0.248 e. The number of carbonyl (C=O) groups is 1. The van der Waals surface area contributed by atoms with E-state index in [1.54, 1.807) is 11.9 Å². The van der Waals surface area contributed by atoms with Crippen molar-refractivity contribution in [3.63, 3.8) is 0 Å². The van der Waals surface area contributed by atoms with Gasteiger partial charge >= 0.3 is 0 Å². The summed E-state index contributed by atoms with van der Waals surface area (Å²) in [7, 11) is 1.75. The third-order valence-corrected chi connectivity index (χ3v) is 3.63. The molecular formula is C11H18BrF2NO. The summed E-state index contributed by atoms with van der Waals surface area (Å²) in [5.74, 6) is -2.72. The Kier molecular flexibility index (Phi) is 5.15. The number of hydrogen-bond donors (Lipinski definition) is 0. The normalized spacial score (nSPS) is 20.8. The van der Waals surface area contributed by atoms with Gasteiger partial charge in [-0.1, -0.05) is 15.9 Å². The maximum atomic E-state index is 12.9. The van der Waals surface area contributed by atoms with Gasteiger partial charge in [-0.25, -0.2) is 8.78 Å². The Bertz CT molecular complexity index is 238. The van der Waals surface area contributed by atoms with Gasteiger partial charge < -0.3 is 4.90 Å². The number of alkyl halides is 3. The van der Waals surface area contributed by atoms with Crippen molar-refractivity contribution in [1.29, 1.82) is 0 Å². The van der Waals surface area contributed by atoms with Gasteiger partial charge in [0.25, 0.3) is 0 Å². The number of hydrogen-bond acceptors (Lipinski definition) is 1. The molecule has 0 atom stereocenters. The first-order chi connectivity index (χ1) is 7.46. The molecule has 1 rings (SSSR count). The van der Waals surface area contributed by atoms with E-state index >= 15 is 0 Å². The van der Waals surface area contributed by atoms with E-state index in [0.29, 0.717) is 19.4 Å². The average Bonchev–Trinajstić information content (AvgIpc) is 2.25. The maximum absolute atomic E-state index is 12.9. The van der Waals surface area contributed by atoms with Gasteiger partial charge in [0.15, 0.2) is 0 Å². The van der Waals surface area contributed by atoms with Crippen LogP contribution in [-0.4, -0.2) is 35.7 Å². The average molecular weight is 298 g/mol. The fourth-order valence-electron chi connectivity index (χ4n) is 2.01. The van der Waals surface area contributed by atoms with E-state index in [9.17, 15) is 13.6 Å². The zero-order chi connectivity index (χ0) is 12.2. The quantitative estimate of drug-likeness (QED) is 0.731. The molecule has 0 radical (unpaired) electrons. The second-order valence-electron chi connectivity index (χ2n) is 4.43. The molecule has 0 aromatic heterocycles. The predicted octanol–water partition coefficient (Wildman–Crippen LogP) is 3.06. The van der Waals surface area contributed by atoms with Gasteiger partial charge in [0.2, 0.25) is 11.8 Å². The summed E-state index contributed by atoms with van der Waals surface area (Å²) >= 11 is 3.30. The van der Waals surface area contributed by atoms with E-state index in [-0.39, 0.29) is 24.7 Å². The van der Waals surface area contributed by atoms with E-state index < -0.39 is 5.92 Å². The monoisotopic (exact) mass is 297 g/mol. The van der Waals surface area contributed by atoms with Crippen molar-refractivity contribution in [2.75, 3.05) is 18.9 Å². The molecule has 0 aliphatic heterocycles. The number of amides is 1. The number of halogens is 3. The topological polar surface area (TPSA) is 20.3 Å². The standard InChI is InChI=1S/C11H18BrF2NO/c1-15(8-2-7-12)10(16)9-3-5-11(13,14)6-4-9/h9H,2-8H2,1H3. The summed E-state index contributed by atoms with van der Waals surface area (Å²) in [6, 6.07) is 0. The molecule has 1 amide bonds. The van der Waals surface area contributed by atoms with Crippen molar-refractivity contribution < 1.29 is 13.6 Å². The van der Waals surface area contributed by atoms with Gasteiger partial charge in [0.1, 0.15) is 0 Å². The van der Waals surface area contributed by atoms with Crippen LogP contribution in [-0.2, 0) is 4.79 Å². The summed E-state index contributed by atoms with van der Waals surface area (Å²) in [6.07, 6.45) is 1.26. The molecule has 0 bridgehead atoms. The van der Waals surface area contributed by atoms with Crippen molar-refractivity contribution in [2.45, 2.75) is 38.0 Å². The van der Waals surface area contributed by atoms with Crippen LogP contribution in [0.2, 0.25) is 0 Å². The first kappa shape index (κ1) is 13.9. The lowest BCUT2D eigenvalue weighted by Gasteiger charge is -2.30. The molecule has 16 heavy (non-hydrogen) atoms. The van der Waals surface area contributed by atoms with Crippen LogP contribution in [0.4, 0.5) is 8.78 Å². The van der Waals surface area contributed by atoms with Gasteiger partial charge in [-0.2, -0.15) is 0 Å². The molecule has 1 fully saturated rings. The number of nitrogens with zero attached hydrogens (tertiary/aromatic N) is 1. The Labute approximate surface area is 104 Å². The first-order valence-corrected chi connectivity index (χ1v) is 6.77. The van der Waals surface area contributed by atoms with Crippen molar-refractivity contribution in [2.24, 2.45) is 5.92 Å². The Hall–Kier alpha value is -0.190. The van der Waals surface area contributed by atoms with Crippen LogP contribution in [0.25, 0.3) is 0 Å². The number of carbonyl (C=O) groups excluding carboxylic acids is 1. The predicted molar refractivity (Wildman–Crippen MR) is 63.0 cm³/mol. The van der Waals surface area contributed by atoms with Crippen LogP contribution in [0.1, 0.15) is 32.1 Å². The van der Waals surface area contributed by atoms with Crippen molar-refractivity contribution in [3.8, 4) is 0 Å². The molecule has 0 aromatic carbocycles. The van der Waals surface area contributed by atoms with Gasteiger partial charge in [-0.05, 0) is 19.3 Å². The minimum atomic E-state index is -2.55.